The fourth-order valence-electron chi connectivity index (χ4n) is 2.99. The van der Waals surface area contributed by atoms with Gasteiger partial charge in [0.15, 0.2) is 5.76 Å². The van der Waals surface area contributed by atoms with Crippen LogP contribution >= 0.6 is 0 Å². The van der Waals surface area contributed by atoms with Crippen LogP contribution in [0.5, 0.6) is 0 Å². The summed E-state index contributed by atoms with van der Waals surface area (Å²) in [6.07, 6.45) is 3.18. The number of amides is 2. The number of aromatic amines is 1. The van der Waals surface area contributed by atoms with Crippen molar-refractivity contribution in [3.63, 3.8) is 0 Å². The summed E-state index contributed by atoms with van der Waals surface area (Å²) >= 11 is 0. The molecule has 3 aromatic rings. The lowest BCUT2D eigenvalue weighted by molar-refractivity contribution is 0.0519. The number of rotatable bonds is 2. The van der Waals surface area contributed by atoms with Crippen molar-refractivity contribution in [1.82, 2.24) is 20.0 Å². The van der Waals surface area contributed by atoms with Crippen LogP contribution in [0.4, 0.5) is 0 Å². The fraction of sp³-hybridized carbons (Fsp3) is 0.235. The van der Waals surface area contributed by atoms with Crippen LogP contribution in [0.1, 0.15) is 20.9 Å². The number of aromatic nitrogens is 2. The average Bonchev–Trinajstić information content (AvgIpc) is 3.31. The molecule has 4 rings (SSSR count). The molecule has 1 aromatic carbocycles. The van der Waals surface area contributed by atoms with Gasteiger partial charge in [-0.2, -0.15) is 5.10 Å². The zero-order valence-corrected chi connectivity index (χ0v) is 12.9. The second-order valence-electron chi connectivity index (χ2n) is 5.70. The number of fused-ring (bicyclic) bond motifs is 1. The Kier molecular flexibility index (Phi) is 3.53. The third kappa shape index (κ3) is 2.44. The lowest BCUT2D eigenvalue weighted by Gasteiger charge is -2.34. The van der Waals surface area contributed by atoms with Crippen molar-refractivity contribution >= 4 is 22.7 Å². The van der Waals surface area contributed by atoms with E-state index in [1.54, 1.807) is 34.2 Å². The van der Waals surface area contributed by atoms with Gasteiger partial charge in [0, 0.05) is 31.6 Å². The Morgan fingerprint density at radius 2 is 1.75 bits per heavy atom. The number of carbonyl (C=O) groups excluding carboxylic acids is 2. The number of benzene rings is 1. The summed E-state index contributed by atoms with van der Waals surface area (Å²) in [7, 11) is 0. The molecule has 7 heteroatoms. The van der Waals surface area contributed by atoms with Gasteiger partial charge in [-0.3, -0.25) is 14.7 Å². The molecule has 1 fully saturated rings. The molecule has 0 radical (unpaired) electrons. The fourth-order valence-corrected chi connectivity index (χ4v) is 2.99. The predicted molar refractivity (Wildman–Crippen MR) is 86.6 cm³/mol. The monoisotopic (exact) mass is 324 g/mol. The summed E-state index contributed by atoms with van der Waals surface area (Å²) in [6, 6.07) is 8.90. The van der Waals surface area contributed by atoms with Crippen LogP contribution in [0.3, 0.4) is 0 Å². The number of piperazine rings is 1. The van der Waals surface area contributed by atoms with Gasteiger partial charge in [-0.05, 0) is 18.2 Å². The minimum Gasteiger partial charge on any atom is -0.459 e. The Bertz CT molecular complexity index is 876. The maximum absolute atomic E-state index is 12.8. The number of nitrogens with one attached hydrogen (secondary N) is 1. The van der Waals surface area contributed by atoms with Crippen LogP contribution in [0.15, 0.2) is 47.2 Å². The molecule has 0 bridgehead atoms. The molecule has 7 nitrogen and oxygen atoms in total. The van der Waals surface area contributed by atoms with Crippen molar-refractivity contribution in [2.24, 2.45) is 0 Å². The van der Waals surface area contributed by atoms with Gasteiger partial charge in [-0.15, -0.1) is 0 Å². The Hall–Kier alpha value is -3.09. The lowest BCUT2D eigenvalue weighted by Crippen LogP contribution is -2.50. The number of furan rings is 1. The summed E-state index contributed by atoms with van der Waals surface area (Å²) in [4.78, 5) is 28.5. The minimum atomic E-state index is -0.136. The summed E-state index contributed by atoms with van der Waals surface area (Å²) in [6.45, 7) is 1.97. The van der Waals surface area contributed by atoms with Crippen LogP contribution in [0, 0.1) is 0 Å². The minimum absolute atomic E-state index is 0.0463. The van der Waals surface area contributed by atoms with Gasteiger partial charge in [0.25, 0.3) is 11.8 Å². The van der Waals surface area contributed by atoms with E-state index in [1.165, 1.54) is 6.26 Å². The molecule has 0 spiro atoms. The summed E-state index contributed by atoms with van der Waals surface area (Å²) < 4.78 is 5.15. The number of hydrogen-bond acceptors (Lipinski definition) is 4. The van der Waals surface area contributed by atoms with E-state index in [0.29, 0.717) is 37.5 Å². The predicted octanol–water partition coefficient (Wildman–Crippen LogP) is 1.75. The van der Waals surface area contributed by atoms with Gasteiger partial charge in [0.05, 0.1) is 23.5 Å². The van der Waals surface area contributed by atoms with E-state index in [1.807, 2.05) is 12.1 Å². The highest BCUT2D eigenvalue weighted by Crippen LogP contribution is 2.19. The lowest BCUT2D eigenvalue weighted by atomic mass is 10.1. The molecule has 1 aliphatic heterocycles. The van der Waals surface area contributed by atoms with Crippen LogP contribution in [-0.2, 0) is 0 Å². The Labute approximate surface area is 137 Å². The Morgan fingerprint density at radius 1 is 1.00 bits per heavy atom. The van der Waals surface area contributed by atoms with Crippen molar-refractivity contribution in [1.29, 1.82) is 0 Å². The molecule has 2 amide bonds. The Morgan fingerprint density at radius 3 is 2.46 bits per heavy atom. The molecule has 1 saturated heterocycles. The van der Waals surface area contributed by atoms with Gasteiger partial charge in [-0.1, -0.05) is 12.1 Å². The van der Waals surface area contributed by atoms with E-state index in [-0.39, 0.29) is 11.8 Å². The molecule has 3 heterocycles. The van der Waals surface area contributed by atoms with E-state index < -0.39 is 0 Å². The van der Waals surface area contributed by atoms with E-state index in [0.717, 1.165) is 10.9 Å². The zero-order chi connectivity index (χ0) is 16.5. The largest absolute Gasteiger partial charge is 0.459 e. The molecular formula is C17H16N4O3. The standard InChI is InChI=1S/C17H16N4O3/c22-16(13-4-1-3-12-11-18-19-15(12)13)20-6-8-21(9-7-20)17(23)14-5-2-10-24-14/h1-5,10-11H,6-9H2,(H,18,19). The van der Waals surface area contributed by atoms with Gasteiger partial charge in [0.2, 0.25) is 0 Å². The van der Waals surface area contributed by atoms with Gasteiger partial charge < -0.3 is 14.2 Å². The number of carbonyl (C=O) groups is 2. The first kappa shape index (κ1) is 14.5. The molecule has 24 heavy (non-hydrogen) atoms. The molecule has 0 unspecified atom stereocenters. The second kappa shape index (κ2) is 5.84. The molecular weight excluding hydrogens is 308 g/mol. The third-order valence-electron chi connectivity index (χ3n) is 4.29. The van der Waals surface area contributed by atoms with Crippen LogP contribution in [0.25, 0.3) is 10.9 Å². The SMILES string of the molecule is O=C(c1ccco1)N1CCN(C(=O)c2cccc3cn[nH]c23)CC1. The molecule has 2 aromatic heterocycles. The van der Waals surface area contributed by atoms with Crippen LogP contribution < -0.4 is 0 Å². The van der Waals surface area contributed by atoms with Gasteiger partial charge >= 0.3 is 0 Å². The first-order valence-electron chi connectivity index (χ1n) is 7.78. The number of hydrogen-bond donors (Lipinski definition) is 1. The molecule has 1 aliphatic rings. The van der Waals surface area contributed by atoms with Crippen molar-refractivity contribution in [2.45, 2.75) is 0 Å². The smallest absolute Gasteiger partial charge is 0.289 e. The van der Waals surface area contributed by atoms with Crippen molar-refractivity contribution in [3.05, 3.63) is 54.1 Å². The molecule has 1 N–H and O–H groups in total. The summed E-state index contributed by atoms with van der Waals surface area (Å²) in [5.74, 6) is 0.148. The quantitative estimate of drug-likeness (QED) is 0.778. The van der Waals surface area contributed by atoms with Crippen molar-refractivity contribution in [2.75, 3.05) is 26.2 Å². The zero-order valence-electron chi connectivity index (χ0n) is 12.9. The van der Waals surface area contributed by atoms with Crippen molar-refractivity contribution < 1.29 is 14.0 Å². The molecule has 0 atom stereocenters. The number of nitrogens with zero attached hydrogens (tertiary/aromatic N) is 3. The van der Waals surface area contributed by atoms with Gasteiger partial charge in [0.1, 0.15) is 0 Å². The maximum atomic E-state index is 12.8. The van der Waals surface area contributed by atoms with Gasteiger partial charge in [-0.25, -0.2) is 0 Å². The highest BCUT2D eigenvalue weighted by Gasteiger charge is 2.27. The van der Waals surface area contributed by atoms with Crippen LogP contribution in [0.2, 0.25) is 0 Å². The Balaban J connectivity index is 1.47. The van der Waals surface area contributed by atoms with E-state index in [9.17, 15) is 9.59 Å². The first-order chi connectivity index (χ1) is 11.7. The van der Waals surface area contributed by atoms with E-state index in [2.05, 4.69) is 10.2 Å². The molecule has 0 aliphatic carbocycles. The first-order valence-corrected chi connectivity index (χ1v) is 7.78. The molecule has 0 saturated carbocycles. The topological polar surface area (TPSA) is 82.4 Å². The van der Waals surface area contributed by atoms with Crippen LogP contribution in [-0.4, -0.2) is 58.0 Å². The highest BCUT2D eigenvalue weighted by atomic mass is 16.3. The number of H-pyrrole nitrogens is 1. The maximum Gasteiger partial charge on any atom is 0.289 e. The summed E-state index contributed by atoms with van der Waals surface area (Å²) in [5, 5.41) is 7.78. The highest BCUT2D eigenvalue weighted by molar-refractivity contribution is 6.05. The van der Waals surface area contributed by atoms with E-state index in [4.69, 9.17) is 4.42 Å². The second-order valence-corrected chi connectivity index (χ2v) is 5.70. The summed E-state index contributed by atoms with van der Waals surface area (Å²) in [5.41, 5.74) is 1.35. The molecule has 122 valence electrons. The normalized spacial score (nSPS) is 15.0. The van der Waals surface area contributed by atoms with E-state index >= 15 is 0 Å². The number of para-hydroxylation sites is 1. The van der Waals surface area contributed by atoms with Crippen molar-refractivity contribution in [3.8, 4) is 0 Å². The average molecular weight is 324 g/mol. The third-order valence-corrected chi connectivity index (χ3v) is 4.29.